The first-order valence-corrected chi connectivity index (χ1v) is 12.0. The fraction of sp³-hybridized carbons (Fsp3) is 0.520. The van der Waals surface area contributed by atoms with Gasteiger partial charge in [-0.15, -0.1) is 0 Å². The van der Waals surface area contributed by atoms with Gasteiger partial charge in [-0.3, -0.25) is 14.5 Å². The summed E-state index contributed by atoms with van der Waals surface area (Å²) in [5.74, 6) is -0.299. The first-order chi connectivity index (χ1) is 16.7. The Bertz CT molecular complexity index is 1040. The van der Waals surface area contributed by atoms with Gasteiger partial charge in [0, 0.05) is 37.8 Å². The van der Waals surface area contributed by atoms with E-state index in [1.165, 1.54) is 12.3 Å². The first kappa shape index (κ1) is 25.1. The van der Waals surface area contributed by atoms with E-state index in [1.54, 1.807) is 13.0 Å². The normalized spacial score (nSPS) is 17.9. The highest BCUT2D eigenvalue weighted by Gasteiger charge is 2.32. The molecule has 2 N–H and O–H groups in total. The Morgan fingerprint density at radius 1 is 1.06 bits per heavy atom. The predicted octanol–water partition coefficient (Wildman–Crippen LogP) is 4.43. The van der Waals surface area contributed by atoms with Crippen molar-refractivity contribution in [3.8, 4) is 0 Å². The number of hydrogen-bond donors (Lipinski definition) is 2. The Hall–Kier alpha value is -3.01. The number of anilines is 2. The summed E-state index contributed by atoms with van der Waals surface area (Å²) >= 11 is 0. The maximum absolute atomic E-state index is 13.3. The number of amides is 2. The van der Waals surface area contributed by atoms with E-state index >= 15 is 0 Å². The molecule has 0 atom stereocenters. The number of rotatable bonds is 6. The van der Waals surface area contributed by atoms with Crippen molar-refractivity contribution in [1.82, 2.24) is 10.2 Å². The van der Waals surface area contributed by atoms with Gasteiger partial charge < -0.3 is 20.0 Å². The van der Waals surface area contributed by atoms with E-state index in [2.05, 4.69) is 10.6 Å². The zero-order chi connectivity index (χ0) is 25.0. The molecule has 0 unspecified atom stereocenters. The van der Waals surface area contributed by atoms with Gasteiger partial charge in [0.25, 0.3) is 5.91 Å². The number of nitrogens with one attached hydrogen (secondary N) is 2. The largest absolute Gasteiger partial charge is 0.459 e. The van der Waals surface area contributed by atoms with Crippen LogP contribution in [0.25, 0.3) is 0 Å². The second-order valence-corrected chi connectivity index (χ2v) is 9.28. The lowest BCUT2D eigenvalue weighted by Gasteiger charge is -2.32. The van der Waals surface area contributed by atoms with E-state index in [9.17, 15) is 22.8 Å². The number of carbonyl (C=O) groups is 2. The van der Waals surface area contributed by atoms with E-state index in [4.69, 9.17) is 4.42 Å². The Morgan fingerprint density at radius 2 is 1.77 bits per heavy atom. The van der Waals surface area contributed by atoms with Crippen LogP contribution in [0.3, 0.4) is 0 Å². The molecule has 0 radical (unpaired) electrons. The molecule has 2 aliphatic heterocycles. The molecular formula is C25H31F3N4O3. The summed E-state index contributed by atoms with van der Waals surface area (Å²) in [5.41, 5.74) is 0.815. The second-order valence-electron chi connectivity index (χ2n) is 9.28. The fourth-order valence-electron chi connectivity index (χ4n) is 4.71. The van der Waals surface area contributed by atoms with Gasteiger partial charge in [-0.05, 0) is 63.3 Å². The van der Waals surface area contributed by atoms with Crippen LogP contribution in [0, 0.1) is 6.92 Å². The highest BCUT2D eigenvalue weighted by molar-refractivity contribution is 5.96. The van der Waals surface area contributed by atoms with Gasteiger partial charge >= 0.3 is 6.18 Å². The van der Waals surface area contributed by atoms with Crippen molar-refractivity contribution in [3.05, 3.63) is 47.4 Å². The Morgan fingerprint density at radius 3 is 2.40 bits per heavy atom. The molecule has 7 nitrogen and oxygen atoms in total. The second kappa shape index (κ2) is 10.7. The first-order valence-electron chi connectivity index (χ1n) is 12.0. The summed E-state index contributed by atoms with van der Waals surface area (Å²) in [6.07, 6.45) is 1.37. The number of carbonyl (C=O) groups excluding carboxylic acids is 2. The molecule has 1 aromatic carbocycles. The summed E-state index contributed by atoms with van der Waals surface area (Å²) in [6.45, 7) is 4.58. The zero-order valence-electron chi connectivity index (χ0n) is 19.8. The van der Waals surface area contributed by atoms with Crippen LogP contribution < -0.4 is 15.5 Å². The van der Waals surface area contributed by atoms with Crippen LogP contribution in [0.5, 0.6) is 0 Å². The summed E-state index contributed by atoms with van der Waals surface area (Å²) in [5, 5.41) is 5.70. The van der Waals surface area contributed by atoms with Crippen LogP contribution in [0.15, 0.2) is 34.9 Å². The minimum atomic E-state index is -4.49. The summed E-state index contributed by atoms with van der Waals surface area (Å²) in [4.78, 5) is 29.1. The molecule has 0 saturated carbocycles. The maximum atomic E-state index is 13.3. The molecule has 10 heteroatoms. The van der Waals surface area contributed by atoms with Gasteiger partial charge in [-0.25, -0.2) is 0 Å². The molecule has 1 aromatic heterocycles. The van der Waals surface area contributed by atoms with Crippen LogP contribution in [-0.4, -0.2) is 55.5 Å². The number of piperidine rings is 2. The maximum Gasteiger partial charge on any atom is 0.416 e. The highest BCUT2D eigenvalue weighted by Crippen LogP contribution is 2.36. The van der Waals surface area contributed by atoms with Crippen molar-refractivity contribution in [2.75, 3.05) is 42.9 Å². The van der Waals surface area contributed by atoms with Crippen molar-refractivity contribution in [3.63, 3.8) is 0 Å². The number of halogens is 3. The van der Waals surface area contributed by atoms with Crippen molar-refractivity contribution in [2.24, 2.45) is 0 Å². The number of benzene rings is 1. The molecule has 2 aromatic rings. The van der Waals surface area contributed by atoms with Crippen molar-refractivity contribution < 1.29 is 27.2 Å². The van der Waals surface area contributed by atoms with E-state index in [1.807, 2.05) is 9.80 Å². The number of hydrogen-bond acceptors (Lipinski definition) is 5. The highest BCUT2D eigenvalue weighted by atomic mass is 19.4. The van der Waals surface area contributed by atoms with Crippen LogP contribution >= 0.6 is 0 Å². The number of nitrogens with zero attached hydrogens (tertiary/aromatic N) is 2. The van der Waals surface area contributed by atoms with Crippen LogP contribution in [-0.2, 0) is 11.0 Å². The lowest BCUT2D eigenvalue weighted by atomic mass is 10.0. The third kappa shape index (κ3) is 6.36. The SMILES string of the molecule is Cc1ccoc1C(=O)NC1CCN(CC(=O)Nc2cc(C(F)(F)F)ccc2N2CCCCC2)CC1. The minimum absolute atomic E-state index is 0.0273. The van der Waals surface area contributed by atoms with Gasteiger partial charge in [0.2, 0.25) is 5.91 Å². The number of likely N-dealkylation sites (tertiary alicyclic amines) is 1. The molecular weight excluding hydrogens is 461 g/mol. The topological polar surface area (TPSA) is 77.8 Å². The Kier molecular flexibility index (Phi) is 7.69. The molecule has 2 fully saturated rings. The quantitative estimate of drug-likeness (QED) is 0.624. The van der Waals surface area contributed by atoms with Gasteiger partial charge in [0.05, 0.1) is 29.7 Å². The lowest BCUT2D eigenvalue weighted by molar-refractivity contribution is -0.137. The van der Waals surface area contributed by atoms with Crippen molar-refractivity contribution in [1.29, 1.82) is 0 Å². The molecule has 190 valence electrons. The average Bonchev–Trinajstić information content (AvgIpc) is 3.26. The average molecular weight is 493 g/mol. The number of furan rings is 1. The molecule has 0 aliphatic carbocycles. The smallest absolute Gasteiger partial charge is 0.416 e. The molecule has 2 amide bonds. The minimum Gasteiger partial charge on any atom is -0.459 e. The Balaban J connectivity index is 1.34. The van der Waals surface area contributed by atoms with Gasteiger partial charge in [-0.2, -0.15) is 13.2 Å². The summed E-state index contributed by atoms with van der Waals surface area (Å²) < 4.78 is 45.2. The molecule has 0 spiro atoms. The molecule has 4 rings (SSSR count). The van der Waals surface area contributed by atoms with Gasteiger partial charge in [-0.1, -0.05) is 0 Å². The monoisotopic (exact) mass is 492 g/mol. The van der Waals surface area contributed by atoms with E-state index in [0.717, 1.165) is 50.0 Å². The van der Waals surface area contributed by atoms with E-state index in [-0.39, 0.29) is 30.1 Å². The molecule has 3 heterocycles. The third-order valence-corrected chi connectivity index (χ3v) is 6.65. The van der Waals surface area contributed by atoms with Crippen molar-refractivity contribution in [2.45, 2.75) is 51.2 Å². The predicted molar refractivity (Wildman–Crippen MR) is 127 cm³/mol. The van der Waals surface area contributed by atoms with Crippen LogP contribution in [0.4, 0.5) is 24.5 Å². The van der Waals surface area contributed by atoms with Gasteiger partial charge in [0.1, 0.15) is 0 Å². The lowest BCUT2D eigenvalue weighted by Crippen LogP contribution is -2.46. The fourth-order valence-corrected chi connectivity index (χ4v) is 4.71. The summed E-state index contributed by atoms with van der Waals surface area (Å²) in [7, 11) is 0. The van der Waals surface area contributed by atoms with Crippen LogP contribution in [0.2, 0.25) is 0 Å². The molecule has 35 heavy (non-hydrogen) atoms. The number of aryl methyl sites for hydroxylation is 1. The van der Waals surface area contributed by atoms with E-state index < -0.39 is 11.7 Å². The Labute approximate surface area is 202 Å². The van der Waals surface area contributed by atoms with Crippen molar-refractivity contribution >= 4 is 23.2 Å². The zero-order valence-corrected chi connectivity index (χ0v) is 19.8. The third-order valence-electron chi connectivity index (χ3n) is 6.65. The van der Waals surface area contributed by atoms with Crippen LogP contribution in [0.1, 0.15) is 53.8 Å². The molecule has 2 aliphatic rings. The van der Waals surface area contributed by atoms with E-state index in [0.29, 0.717) is 37.4 Å². The summed E-state index contributed by atoms with van der Waals surface area (Å²) in [6, 6.07) is 5.26. The van der Waals surface area contributed by atoms with Gasteiger partial charge in [0.15, 0.2) is 5.76 Å². The molecule has 2 saturated heterocycles. The standard InChI is InChI=1S/C25H31F3N4O3/c1-17-9-14-35-23(17)24(34)29-19-7-12-31(13-8-19)16-22(33)30-20-15-18(25(26,27)28)5-6-21(20)32-10-3-2-4-11-32/h5-6,9,14-15,19H,2-4,7-8,10-13,16H2,1H3,(H,29,34)(H,30,33). The molecule has 0 bridgehead atoms. The number of alkyl halides is 3.